The lowest BCUT2D eigenvalue weighted by Crippen LogP contribution is -2.05. The highest BCUT2D eigenvalue weighted by molar-refractivity contribution is 5.46. The molecule has 1 N–H and O–H groups in total. The number of hydroxylamine groups is 1. The first-order chi connectivity index (χ1) is 5.33. The average Bonchev–Trinajstić information content (AvgIpc) is 2.06. The Labute approximate surface area is 66.4 Å². The SMILES string of the molecule is CC=[N+](O)Cc1ccccc1. The molecule has 0 aliphatic carbocycles. The first-order valence-electron chi connectivity index (χ1n) is 3.62. The Hall–Kier alpha value is -1.31. The maximum atomic E-state index is 9.09. The molecule has 0 amide bonds. The largest absolute Gasteiger partial charge is 0.291 e. The zero-order valence-corrected chi connectivity index (χ0v) is 6.57. The second kappa shape index (κ2) is 3.76. The van der Waals surface area contributed by atoms with Crippen molar-refractivity contribution in [3.8, 4) is 0 Å². The summed E-state index contributed by atoms with van der Waals surface area (Å²) in [5.41, 5.74) is 1.10. The van der Waals surface area contributed by atoms with Crippen molar-refractivity contribution in [2.45, 2.75) is 13.5 Å². The van der Waals surface area contributed by atoms with Crippen LogP contribution in [0.4, 0.5) is 0 Å². The summed E-state index contributed by atoms with van der Waals surface area (Å²) < 4.78 is 1.16. The van der Waals surface area contributed by atoms with Crippen LogP contribution in [0, 0.1) is 0 Å². The highest BCUT2D eigenvalue weighted by Crippen LogP contribution is 1.98. The van der Waals surface area contributed by atoms with Crippen LogP contribution in [0.2, 0.25) is 0 Å². The molecular formula is C9H12NO+. The molecule has 0 aliphatic rings. The van der Waals surface area contributed by atoms with Gasteiger partial charge in [0.1, 0.15) is 0 Å². The van der Waals surface area contributed by atoms with Crippen molar-refractivity contribution in [1.82, 2.24) is 0 Å². The Balaban J connectivity index is 2.65. The number of rotatable bonds is 2. The summed E-state index contributed by atoms with van der Waals surface area (Å²) in [6.07, 6.45) is 1.63. The van der Waals surface area contributed by atoms with Gasteiger partial charge >= 0.3 is 0 Å². The number of hydrogen-bond acceptors (Lipinski definition) is 1. The van der Waals surface area contributed by atoms with Gasteiger partial charge < -0.3 is 0 Å². The van der Waals surface area contributed by atoms with Gasteiger partial charge in [0.25, 0.3) is 0 Å². The van der Waals surface area contributed by atoms with Crippen LogP contribution in [0.5, 0.6) is 0 Å². The predicted octanol–water partition coefficient (Wildman–Crippen LogP) is 1.68. The summed E-state index contributed by atoms with van der Waals surface area (Å²) in [5, 5.41) is 9.09. The standard InChI is InChI=1S/C9H12NO/c1-2-10(11)8-9-6-4-3-5-7-9/h2-7,11H,8H2,1H3/q+1. The van der Waals surface area contributed by atoms with E-state index in [9.17, 15) is 0 Å². The fourth-order valence-corrected chi connectivity index (χ4v) is 0.862. The summed E-state index contributed by atoms with van der Waals surface area (Å²) in [5.74, 6) is 0. The van der Waals surface area contributed by atoms with Gasteiger partial charge in [0.15, 0.2) is 6.21 Å². The van der Waals surface area contributed by atoms with Gasteiger partial charge in [-0.05, 0) is 4.74 Å². The van der Waals surface area contributed by atoms with Gasteiger partial charge in [-0.1, -0.05) is 30.3 Å². The zero-order chi connectivity index (χ0) is 8.10. The summed E-state index contributed by atoms with van der Waals surface area (Å²) in [7, 11) is 0. The van der Waals surface area contributed by atoms with Crippen molar-refractivity contribution >= 4 is 6.21 Å². The first-order valence-corrected chi connectivity index (χ1v) is 3.62. The van der Waals surface area contributed by atoms with Crippen molar-refractivity contribution in [1.29, 1.82) is 0 Å². The van der Waals surface area contributed by atoms with E-state index in [4.69, 9.17) is 5.21 Å². The number of hydrogen-bond donors (Lipinski definition) is 1. The van der Waals surface area contributed by atoms with E-state index in [0.29, 0.717) is 6.54 Å². The maximum Gasteiger partial charge on any atom is 0.217 e. The molecule has 58 valence electrons. The molecule has 0 bridgehead atoms. The van der Waals surface area contributed by atoms with E-state index in [-0.39, 0.29) is 0 Å². The highest BCUT2D eigenvalue weighted by atomic mass is 16.5. The molecule has 2 nitrogen and oxygen atoms in total. The van der Waals surface area contributed by atoms with Crippen molar-refractivity contribution in [3.05, 3.63) is 35.9 Å². The fraction of sp³-hybridized carbons (Fsp3) is 0.222. The lowest BCUT2D eigenvalue weighted by Gasteiger charge is -1.92. The maximum absolute atomic E-state index is 9.09. The number of benzene rings is 1. The van der Waals surface area contributed by atoms with Crippen LogP contribution in [-0.2, 0) is 6.54 Å². The van der Waals surface area contributed by atoms with E-state index < -0.39 is 0 Å². The number of nitrogens with zero attached hydrogens (tertiary/aromatic N) is 1. The van der Waals surface area contributed by atoms with Crippen molar-refractivity contribution in [2.75, 3.05) is 0 Å². The summed E-state index contributed by atoms with van der Waals surface area (Å²) in [6, 6.07) is 9.83. The van der Waals surface area contributed by atoms with Gasteiger partial charge in [-0.25, -0.2) is 0 Å². The predicted molar refractivity (Wildman–Crippen MR) is 43.9 cm³/mol. The third kappa shape index (κ3) is 2.42. The smallest absolute Gasteiger partial charge is 0.217 e. The molecule has 0 saturated carbocycles. The van der Waals surface area contributed by atoms with E-state index in [1.807, 2.05) is 30.3 Å². The molecule has 11 heavy (non-hydrogen) atoms. The molecule has 0 spiro atoms. The molecule has 1 aromatic rings. The topological polar surface area (TPSA) is 23.2 Å². The van der Waals surface area contributed by atoms with Crippen molar-refractivity contribution in [2.24, 2.45) is 0 Å². The van der Waals surface area contributed by atoms with Crippen LogP contribution < -0.4 is 0 Å². The summed E-state index contributed by atoms with van der Waals surface area (Å²) in [6.45, 7) is 2.35. The third-order valence-corrected chi connectivity index (χ3v) is 1.49. The Bertz CT molecular complexity index is 241. The van der Waals surface area contributed by atoms with Crippen LogP contribution in [0.15, 0.2) is 30.3 Å². The van der Waals surface area contributed by atoms with Crippen LogP contribution in [0.25, 0.3) is 0 Å². The molecule has 1 aromatic carbocycles. The normalized spacial score (nSPS) is 11.5. The summed E-state index contributed by atoms with van der Waals surface area (Å²) in [4.78, 5) is 0. The highest BCUT2D eigenvalue weighted by Gasteiger charge is 1.98. The third-order valence-electron chi connectivity index (χ3n) is 1.49. The minimum absolute atomic E-state index is 0.553. The van der Waals surface area contributed by atoms with Crippen LogP contribution in [-0.4, -0.2) is 16.2 Å². The molecule has 0 aliphatic heterocycles. The second-order valence-electron chi connectivity index (χ2n) is 2.34. The molecule has 0 fully saturated rings. The van der Waals surface area contributed by atoms with Crippen molar-refractivity contribution < 1.29 is 9.95 Å². The van der Waals surface area contributed by atoms with E-state index in [1.165, 1.54) is 0 Å². The van der Waals surface area contributed by atoms with Gasteiger partial charge in [-0.2, -0.15) is 0 Å². The molecule has 0 heterocycles. The monoisotopic (exact) mass is 150 g/mol. The molecule has 0 radical (unpaired) electrons. The van der Waals surface area contributed by atoms with Crippen LogP contribution in [0.1, 0.15) is 12.5 Å². The van der Waals surface area contributed by atoms with E-state index >= 15 is 0 Å². The molecule has 1 rings (SSSR count). The van der Waals surface area contributed by atoms with E-state index in [2.05, 4.69) is 0 Å². The molecule has 0 aromatic heterocycles. The lowest BCUT2D eigenvalue weighted by molar-refractivity contribution is -0.783. The first kappa shape index (κ1) is 7.79. The molecule has 0 saturated heterocycles. The molecule has 0 atom stereocenters. The van der Waals surface area contributed by atoms with Gasteiger partial charge in [-0.3, -0.25) is 5.21 Å². The Morgan fingerprint density at radius 1 is 1.36 bits per heavy atom. The van der Waals surface area contributed by atoms with Crippen molar-refractivity contribution in [3.63, 3.8) is 0 Å². The second-order valence-corrected chi connectivity index (χ2v) is 2.34. The van der Waals surface area contributed by atoms with Gasteiger partial charge in [0.2, 0.25) is 6.54 Å². The summed E-state index contributed by atoms with van der Waals surface area (Å²) >= 11 is 0. The van der Waals surface area contributed by atoms with Crippen LogP contribution >= 0.6 is 0 Å². The minimum atomic E-state index is 0.553. The quantitative estimate of drug-likeness (QED) is 0.295. The van der Waals surface area contributed by atoms with Crippen LogP contribution in [0.3, 0.4) is 0 Å². The molecule has 0 unspecified atom stereocenters. The Kier molecular flexibility index (Phi) is 2.66. The average molecular weight is 150 g/mol. The van der Waals surface area contributed by atoms with E-state index in [1.54, 1.807) is 13.1 Å². The minimum Gasteiger partial charge on any atom is -0.291 e. The fourth-order valence-electron chi connectivity index (χ4n) is 0.862. The lowest BCUT2D eigenvalue weighted by atomic mass is 10.2. The van der Waals surface area contributed by atoms with E-state index in [0.717, 1.165) is 10.3 Å². The Morgan fingerprint density at radius 2 is 2.00 bits per heavy atom. The van der Waals surface area contributed by atoms with Gasteiger partial charge in [0, 0.05) is 12.5 Å². The molecular weight excluding hydrogens is 138 g/mol. The van der Waals surface area contributed by atoms with Gasteiger partial charge in [-0.15, -0.1) is 0 Å². The zero-order valence-electron chi connectivity index (χ0n) is 6.57. The molecule has 2 heteroatoms. The Morgan fingerprint density at radius 3 is 2.55 bits per heavy atom. The van der Waals surface area contributed by atoms with Gasteiger partial charge in [0.05, 0.1) is 0 Å².